The summed E-state index contributed by atoms with van der Waals surface area (Å²) in [6.07, 6.45) is 5.37. The number of hydrogen-bond acceptors (Lipinski definition) is 2. The van der Waals surface area contributed by atoms with Crippen molar-refractivity contribution in [1.29, 1.82) is 0 Å². The van der Waals surface area contributed by atoms with Gasteiger partial charge < -0.3 is 10.6 Å². The largest absolute Gasteiger partial charge is 0.330 e. The van der Waals surface area contributed by atoms with Gasteiger partial charge in [0.1, 0.15) is 0 Å². The van der Waals surface area contributed by atoms with Crippen LogP contribution in [0.4, 0.5) is 0 Å². The van der Waals surface area contributed by atoms with Crippen LogP contribution in [0.2, 0.25) is 0 Å². The minimum Gasteiger partial charge on any atom is -0.330 e. The average molecular weight is 207 g/mol. The molecule has 13 heavy (non-hydrogen) atoms. The van der Waals surface area contributed by atoms with Crippen molar-refractivity contribution in [2.75, 3.05) is 26.2 Å². The maximum Gasteiger partial charge on any atom is 0.000956 e. The third-order valence-corrected chi connectivity index (χ3v) is 2.87. The second-order valence-corrected chi connectivity index (χ2v) is 3.83. The molecule has 1 rings (SSSR count). The summed E-state index contributed by atoms with van der Waals surface area (Å²) < 4.78 is 0. The van der Waals surface area contributed by atoms with Crippen LogP contribution in [0.15, 0.2) is 0 Å². The van der Waals surface area contributed by atoms with Crippen LogP contribution in [-0.2, 0) is 0 Å². The first kappa shape index (κ1) is 13.2. The highest BCUT2D eigenvalue weighted by Crippen LogP contribution is 2.20. The third kappa shape index (κ3) is 4.84. The van der Waals surface area contributed by atoms with Crippen molar-refractivity contribution in [1.82, 2.24) is 4.90 Å². The zero-order chi connectivity index (χ0) is 8.81. The van der Waals surface area contributed by atoms with E-state index in [1.807, 2.05) is 0 Å². The van der Waals surface area contributed by atoms with Crippen LogP contribution in [0.5, 0.6) is 0 Å². The van der Waals surface area contributed by atoms with Crippen LogP contribution in [0, 0.1) is 5.92 Å². The van der Waals surface area contributed by atoms with Crippen molar-refractivity contribution >= 4 is 12.4 Å². The molecule has 0 aromatic rings. The highest BCUT2D eigenvalue weighted by molar-refractivity contribution is 5.85. The molecule has 1 fully saturated rings. The van der Waals surface area contributed by atoms with Crippen LogP contribution in [0.25, 0.3) is 0 Å². The highest BCUT2D eigenvalue weighted by atomic mass is 35.5. The molecule has 0 spiro atoms. The quantitative estimate of drug-likeness (QED) is 0.761. The van der Waals surface area contributed by atoms with Crippen molar-refractivity contribution < 1.29 is 0 Å². The summed E-state index contributed by atoms with van der Waals surface area (Å²) in [5.74, 6) is 0.933. The fraction of sp³-hybridized carbons (Fsp3) is 1.00. The molecule has 0 radical (unpaired) electrons. The van der Waals surface area contributed by atoms with Gasteiger partial charge in [-0.1, -0.05) is 6.92 Å². The molecule has 3 heteroatoms. The Morgan fingerprint density at radius 2 is 2.23 bits per heavy atom. The fourth-order valence-corrected chi connectivity index (χ4v) is 2.08. The summed E-state index contributed by atoms with van der Waals surface area (Å²) in [5, 5.41) is 0. The normalized spacial score (nSPS) is 24.0. The molecule has 2 nitrogen and oxygen atoms in total. The number of nitrogens with zero attached hydrogens (tertiary/aromatic N) is 1. The predicted molar refractivity (Wildman–Crippen MR) is 60.4 cm³/mol. The van der Waals surface area contributed by atoms with Crippen molar-refractivity contribution in [3.05, 3.63) is 0 Å². The molecule has 1 saturated heterocycles. The van der Waals surface area contributed by atoms with Gasteiger partial charge in [0.15, 0.2) is 0 Å². The first-order valence-electron chi connectivity index (χ1n) is 5.29. The van der Waals surface area contributed by atoms with E-state index in [1.54, 1.807) is 0 Å². The lowest BCUT2D eigenvalue weighted by atomic mass is 9.93. The molecule has 0 bridgehead atoms. The fourth-order valence-electron chi connectivity index (χ4n) is 2.08. The Balaban J connectivity index is 0.00000144. The molecule has 2 N–H and O–H groups in total. The molecule has 0 saturated carbocycles. The minimum absolute atomic E-state index is 0. The standard InChI is InChI=1S/C10H22N2.ClH/c1-2-12-8-4-6-10(9-12)5-3-7-11;/h10H,2-9,11H2,1H3;1H. The van der Waals surface area contributed by atoms with E-state index in [0.29, 0.717) is 0 Å². The van der Waals surface area contributed by atoms with Crippen molar-refractivity contribution in [2.45, 2.75) is 32.6 Å². The lowest BCUT2D eigenvalue weighted by Gasteiger charge is -2.31. The monoisotopic (exact) mass is 206 g/mol. The van der Waals surface area contributed by atoms with Gasteiger partial charge in [0, 0.05) is 6.54 Å². The second-order valence-electron chi connectivity index (χ2n) is 3.83. The zero-order valence-corrected chi connectivity index (χ0v) is 9.48. The number of piperidine rings is 1. The first-order valence-corrected chi connectivity index (χ1v) is 5.29. The summed E-state index contributed by atoms with van der Waals surface area (Å²) in [5.41, 5.74) is 5.50. The van der Waals surface area contributed by atoms with Gasteiger partial charge in [-0.2, -0.15) is 0 Å². The maximum atomic E-state index is 5.50. The van der Waals surface area contributed by atoms with Crippen molar-refractivity contribution in [3.8, 4) is 0 Å². The van der Waals surface area contributed by atoms with E-state index in [2.05, 4.69) is 11.8 Å². The molecular formula is C10H23ClN2. The minimum atomic E-state index is 0. The molecule has 1 atom stereocenters. The van der Waals surface area contributed by atoms with Gasteiger partial charge in [0.05, 0.1) is 0 Å². The average Bonchev–Trinajstić information content (AvgIpc) is 2.15. The van der Waals surface area contributed by atoms with Crippen LogP contribution in [-0.4, -0.2) is 31.1 Å². The van der Waals surface area contributed by atoms with E-state index >= 15 is 0 Å². The number of rotatable bonds is 4. The molecule has 1 aliphatic rings. The van der Waals surface area contributed by atoms with Crippen LogP contribution in [0.3, 0.4) is 0 Å². The number of likely N-dealkylation sites (tertiary alicyclic amines) is 1. The molecule has 0 aliphatic carbocycles. The summed E-state index contributed by atoms with van der Waals surface area (Å²) in [6, 6.07) is 0. The van der Waals surface area contributed by atoms with Crippen LogP contribution >= 0.6 is 12.4 Å². The van der Waals surface area contributed by atoms with Crippen molar-refractivity contribution in [3.63, 3.8) is 0 Å². The van der Waals surface area contributed by atoms with Gasteiger partial charge in [-0.15, -0.1) is 12.4 Å². The maximum absolute atomic E-state index is 5.50. The summed E-state index contributed by atoms with van der Waals surface area (Å²) >= 11 is 0. The third-order valence-electron chi connectivity index (χ3n) is 2.87. The summed E-state index contributed by atoms with van der Waals surface area (Å²) in [4.78, 5) is 2.56. The molecule has 80 valence electrons. The Hall–Kier alpha value is 0.210. The topological polar surface area (TPSA) is 29.3 Å². The zero-order valence-electron chi connectivity index (χ0n) is 8.67. The van der Waals surface area contributed by atoms with Gasteiger partial charge in [-0.3, -0.25) is 0 Å². The Kier molecular flexibility index (Phi) is 7.72. The highest BCUT2D eigenvalue weighted by Gasteiger charge is 2.17. The lowest BCUT2D eigenvalue weighted by molar-refractivity contribution is 0.175. The molecule has 1 aliphatic heterocycles. The van der Waals surface area contributed by atoms with Gasteiger partial charge in [-0.05, 0) is 51.2 Å². The van der Waals surface area contributed by atoms with Crippen LogP contribution < -0.4 is 5.73 Å². The van der Waals surface area contributed by atoms with E-state index in [1.165, 1.54) is 45.3 Å². The molecular weight excluding hydrogens is 184 g/mol. The molecule has 0 amide bonds. The van der Waals surface area contributed by atoms with E-state index in [4.69, 9.17) is 5.73 Å². The molecule has 1 unspecified atom stereocenters. The first-order chi connectivity index (χ1) is 5.86. The smallest absolute Gasteiger partial charge is 0.000956 e. The predicted octanol–water partition coefficient (Wildman–Crippen LogP) is 1.88. The van der Waals surface area contributed by atoms with E-state index in [0.717, 1.165) is 12.5 Å². The Labute approximate surface area is 88.3 Å². The van der Waals surface area contributed by atoms with Crippen LogP contribution in [0.1, 0.15) is 32.6 Å². The van der Waals surface area contributed by atoms with Gasteiger partial charge >= 0.3 is 0 Å². The summed E-state index contributed by atoms with van der Waals surface area (Å²) in [6.45, 7) is 6.97. The van der Waals surface area contributed by atoms with E-state index < -0.39 is 0 Å². The van der Waals surface area contributed by atoms with Gasteiger partial charge in [0.2, 0.25) is 0 Å². The number of nitrogens with two attached hydrogens (primary N) is 1. The molecule has 0 aromatic carbocycles. The second kappa shape index (κ2) is 7.60. The Morgan fingerprint density at radius 1 is 1.46 bits per heavy atom. The SMILES string of the molecule is CCN1CCCC(CCCN)C1.Cl. The Morgan fingerprint density at radius 3 is 2.85 bits per heavy atom. The van der Waals surface area contributed by atoms with E-state index in [-0.39, 0.29) is 12.4 Å². The molecule has 1 heterocycles. The van der Waals surface area contributed by atoms with Gasteiger partial charge in [-0.25, -0.2) is 0 Å². The van der Waals surface area contributed by atoms with E-state index in [9.17, 15) is 0 Å². The number of halogens is 1. The van der Waals surface area contributed by atoms with Crippen molar-refractivity contribution in [2.24, 2.45) is 11.7 Å². The Bertz CT molecular complexity index is 119. The lowest BCUT2D eigenvalue weighted by Crippen LogP contribution is -2.35. The van der Waals surface area contributed by atoms with Gasteiger partial charge in [0.25, 0.3) is 0 Å². The molecule has 0 aromatic heterocycles. The number of hydrogen-bond donors (Lipinski definition) is 1. The summed E-state index contributed by atoms with van der Waals surface area (Å²) in [7, 11) is 0.